The highest BCUT2D eigenvalue weighted by Crippen LogP contribution is 2.21. The van der Waals surface area contributed by atoms with Crippen LogP contribution in [0, 0.1) is 0 Å². The molecule has 12 heteroatoms. The maximum atomic E-state index is 12.6. The zero-order valence-corrected chi connectivity index (χ0v) is 21.2. The number of rotatable bonds is 7. The fraction of sp³-hybridized carbons (Fsp3) is 0.200. The highest BCUT2D eigenvalue weighted by Gasteiger charge is 2.10. The third-order valence-corrected chi connectivity index (χ3v) is 8.12. The number of H-pyrrole nitrogens is 2. The van der Waals surface area contributed by atoms with Crippen LogP contribution in [0.2, 0.25) is 0 Å². The molecule has 2 aromatic heterocycles. The van der Waals surface area contributed by atoms with Crippen LogP contribution in [0.4, 0.5) is 0 Å². The Morgan fingerprint density at radius 3 is 1.50 bits per heavy atom. The van der Waals surface area contributed by atoms with E-state index >= 15 is 0 Å². The first-order valence-electron chi connectivity index (χ1n) is 9.44. The predicted octanol–water partition coefficient (Wildman–Crippen LogP) is 3.30. The van der Waals surface area contributed by atoms with Crippen LogP contribution in [-0.2, 0) is 13.1 Å². The Morgan fingerprint density at radius 1 is 0.688 bits per heavy atom. The molecule has 0 spiro atoms. The third kappa shape index (κ3) is 4.82. The minimum absolute atomic E-state index is 0.249. The average molecular weight is 600 g/mol. The second kappa shape index (κ2) is 9.86. The lowest BCUT2D eigenvalue weighted by molar-refractivity contribution is 0.690. The fourth-order valence-electron chi connectivity index (χ4n) is 3.23. The van der Waals surface area contributed by atoms with Crippen LogP contribution in [0.25, 0.3) is 21.8 Å². The van der Waals surface area contributed by atoms with Crippen LogP contribution in [0.5, 0.6) is 0 Å². The lowest BCUT2D eigenvalue weighted by Crippen LogP contribution is -2.36. The molecular weight excluding hydrogens is 584 g/mol. The Bertz CT molecular complexity index is 1440. The molecule has 32 heavy (non-hydrogen) atoms. The Kier molecular flexibility index (Phi) is 7.13. The van der Waals surface area contributed by atoms with Crippen molar-refractivity contribution in [3.8, 4) is 0 Å². The van der Waals surface area contributed by atoms with Gasteiger partial charge in [-0.3, -0.25) is 18.7 Å². The number of nitrogens with zero attached hydrogens (tertiary/aromatic N) is 2. The number of halogens is 2. The van der Waals surface area contributed by atoms with Gasteiger partial charge in [-0.2, -0.15) is 0 Å². The van der Waals surface area contributed by atoms with Crippen molar-refractivity contribution in [2.24, 2.45) is 0 Å². The SMILES string of the molecule is O=c1[nH]c2ccc(Br)cc2c(=O)n1CCSSCCn1c(=O)[nH]c2ccc(Br)cc2c1=O. The molecular formula is C20H16Br2N4O4S2. The highest BCUT2D eigenvalue weighted by atomic mass is 79.9. The van der Waals surface area contributed by atoms with Gasteiger partial charge in [0.15, 0.2) is 0 Å². The first-order chi connectivity index (χ1) is 15.3. The summed E-state index contributed by atoms with van der Waals surface area (Å²) < 4.78 is 3.88. The van der Waals surface area contributed by atoms with E-state index in [0.29, 0.717) is 33.3 Å². The maximum Gasteiger partial charge on any atom is 0.328 e. The Morgan fingerprint density at radius 2 is 1.09 bits per heavy atom. The molecule has 0 aliphatic carbocycles. The van der Waals surface area contributed by atoms with E-state index in [1.54, 1.807) is 36.4 Å². The summed E-state index contributed by atoms with van der Waals surface area (Å²) in [4.78, 5) is 55.2. The summed E-state index contributed by atoms with van der Waals surface area (Å²) in [5, 5.41) is 0.885. The van der Waals surface area contributed by atoms with E-state index in [2.05, 4.69) is 41.8 Å². The Balaban J connectivity index is 1.38. The predicted molar refractivity (Wildman–Crippen MR) is 138 cm³/mol. The molecule has 0 aliphatic rings. The molecule has 0 aliphatic heterocycles. The second-order valence-electron chi connectivity index (χ2n) is 6.80. The van der Waals surface area contributed by atoms with Crippen LogP contribution < -0.4 is 22.5 Å². The van der Waals surface area contributed by atoms with Gasteiger partial charge in [0.1, 0.15) is 0 Å². The topological polar surface area (TPSA) is 110 Å². The summed E-state index contributed by atoms with van der Waals surface area (Å²) in [6.07, 6.45) is 0. The molecule has 2 aromatic carbocycles. The van der Waals surface area contributed by atoms with Crippen molar-refractivity contribution in [2.75, 3.05) is 11.5 Å². The summed E-state index contributed by atoms with van der Waals surface area (Å²) in [6.45, 7) is 0.498. The van der Waals surface area contributed by atoms with E-state index in [1.807, 2.05) is 0 Å². The van der Waals surface area contributed by atoms with Crippen LogP contribution >= 0.6 is 53.4 Å². The number of hydrogen-bond acceptors (Lipinski definition) is 6. The third-order valence-electron chi connectivity index (χ3n) is 4.77. The van der Waals surface area contributed by atoms with E-state index in [-0.39, 0.29) is 24.2 Å². The summed E-state index contributed by atoms with van der Waals surface area (Å²) in [6, 6.07) is 10.3. The molecule has 0 fully saturated rings. The van der Waals surface area contributed by atoms with E-state index in [9.17, 15) is 19.2 Å². The lowest BCUT2D eigenvalue weighted by atomic mass is 10.2. The summed E-state index contributed by atoms with van der Waals surface area (Å²) in [5.41, 5.74) is -0.571. The minimum Gasteiger partial charge on any atom is -0.307 e. The molecule has 4 aromatic rings. The van der Waals surface area contributed by atoms with Gasteiger partial charge in [0.05, 0.1) is 21.8 Å². The molecule has 8 nitrogen and oxygen atoms in total. The van der Waals surface area contributed by atoms with E-state index in [4.69, 9.17) is 0 Å². The average Bonchev–Trinajstić information content (AvgIpc) is 2.75. The van der Waals surface area contributed by atoms with Gasteiger partial charge >= 0.3 is 11.4 Å². The second-order valence-corrected chi connectivity index (χ2v) is 11.3. The number of aromatic nitrogens is 4. The van der Waals surface area contributed by atoms with Crippen molar-refractivity contribution in [3.63, 3.8) is 0 Å². The molecule has 0 amide bonds. The van der Waals surface area contributed by atoms with Gasteiger partial charge in [-0.25, -0.2) is 9.59 Å². The number of nitrogens with one attached hydrogen (secondary N) is 2. The Hall–Kier alpha value is -2.02. The van der Waals surface area contributed by atoms with Crippen molar-refractivity contribution in [2.45, 2.75) is 13.1 Å². The van der Waals surface area contributed by atoms with Crippen molar-refractivity contribution >= 4 is 75.3 Å². The number of aromatic amines is 2. The van der Waals surface area contributed by atoms with Crippen LogP contribution in [0.1, 0.15) is 0 Å². The zero-order valence-electron chi connectivity index (χ0n) is 16.4. The Labute approximate surface area is 205 Å². The van der Waals surface area contributed by atoms with Crippen molar-refractivity contribution in [1.29, 1.82) is 0 Å². The maximum absolute atomic E-state index is 12.6. The van der Waals surface area contributed by atoms with Gasteiger partial charge in [-0.15, -0.1) is 0 Å². The van der Waals surface area contributed by atoms with Gasteiger partial charge in [-0.05, 0) is 36.4 Å². The molecule has 0 bridgehead atoms. The lowest BCUT2D eigenvalue weighted by Gasteiger charge is -2.08. The quantitative estimate of drug-likeness (QED) is 0.249. The number of fused-ring (bicyclic) bond motifs is 2. The fourth-order valence-corrected chi connectivity index (χ4v) is 5.85. The van der Waals surface area contributed by atoms with Crippen LogP contribution in [0.15, 0.2) is 64.5 Å². The molecule has 0 saturated heterocycles. The summed E-state index contributed by atoms with van der Waals surface area (Å²) in [7, 11) is 2.94. The molecule has 0 atom stereocenters. The van der Waals surface area contributed by atoms with Gasteiger partial charge in [0.25, 0.3) is 11.1 Å². The first-order valence-corrected chi connectivity index (χ1v) is 13.5. The van der Waals surface area contributed by atoms with Crippen LogP contribution in [-0.4, -0.2) is 30.6 Å². The molecule has 2 N–H and O–H groups in total. The van der Waals surface area contributed by atoms with E-state index in [1.165, 1.54) is 30.7 Å². The number of hydrogen-bond donors (Lipinski definition) is 2. The molecule has 0 saturated carbocycles. The van der Waals surface area contributed by atoms with Gasteiger partial charge in [-0.1, -0.05) is 53.4 Å². The monoisotopic (exact) mass is 598 g/mol. The van der Waals surface area contributed by atoms with Gasteiger partial charge in [0.2, 0.25) is 0 Å². The largest absolute Gasteiger partial charge is 0.328 e. The summed E-state index contributed by atoms with van der Waals surface area (Å²) in [5.74, 6) is 1.03. The van der Waals surface area contributed by atoms with Gasteiger partial charge in [0, 0.05) is 33.5 Å². The molecule has 0 unspecified atom stereocenters. The summed E-state index contributed by atoms with van der Waals surface area (Å²) >= 11 is 6.68. The van der Waals surface area contributed by atoms with Gasteiger partial charge < -0.3 is 9.97 Å². The molecule has 0 radical (unpaired) electrons. The highest BCUT2D eigenvalue weighted by molar-refractivity contribution is 9.10. The molecule has 166 valence electrons. The van der Waals surface area contributed by atoms with Crippen molar-refractivity contribution in [3.05, 3.63) is 87.0 Å². The normalized spacial score (nSPS) is 11.4. The van der Waals surface area contributed by atoms with Crippen molar-refractivity contribution in [1.82, 2.24) is 19.1 Å². The first kappa shape index (κ1) is 23.1. The van der Waals surface area contributed by atoms with Crippen molar-refractivity contribution < 1.29 is 0 Å². The minimum atomic E-state index is -0.448. The molecule has 4 rings (SSSR count). The number of benzene rings is 2. The van der Waals surface area contributed by atoms with Crippen LogP contribution in [0.3, 0.4) is 0 Å². The standard InChI is InChI=1S/C20H16Br2N4O4S2/c21-11-1-3-15-13(9-11)17(27)25(19(29)23-15)5-7-31-32-8-6-26-18(28)14-10-12(22)2-4-16(14)24-20(26)30/h1-4,9-10H,5-8H2,(H,23,29)(H,24,30). The van der Waals surface area contributed by atoms with E-state index in [0.717, 1.165) is 8.95 Å². The zero-order chi connectivity index (χ0) is 22.8. The molecule has 2 heterocycles. The van der Waals surface area contributed by atoms with E-state index < -0.39 is 11.4 Å². The smallest absolute Gasteiger partial charge is 0.307 e.